The van der Waals surface area contributed by atoms with Crippen LogP contribution < -0.4 is 0 Å². The highest BCUT2D eigenvalue weighted by molar-refractivity contribution is 6.10. The Morgan fingerprint density at radius 3 is 2.58 bits per heavy atom. The lowest BCUT2D eigenvalue weighted by molar-refractivity contribution is 0.0784. The fourth-order valence-corrected chi connectivity index (χ4v) is 3.56. The number of hydrogen-bond acceptors (Lipinski definition) is 1. The first-order chi connectivity index (χ1) is 11.5. The summed E-state index contributed by atoms with van der Waals surface area (Å²) in [5.41, 5.74) is 4.28. The smallest absolute Gasteiger partial charge is 0.270 e. The van der Waals surface area contributed by atoms with E-state index in [0.29, 0.717) is 6.04 Å². The number of carbonyl (C=O) groups is 1. The van der Waals surface area contributed by atoms with Crippen molar-refractivity contribution in [3.8, 4) is 0 Å². The van der Waals surface area contributed by atoms with E-state index in [1.165, 1.54) is 10.9 Å². The molecule has 3 rings (SSSR count). The van der Waals surface area contributed by atoms with E-state index in [9.17, 15) is 4.79 Å². The number of amides is 1. The van der Waals surface area contributed by atoms with Crippen molar-refractivity contribution in [2.75, 3.05) is 13.6 Å². The van der Waals surface area contributed by atoms with Crippen molar-refractivity contribution in [2.45, 2.75) is 39.7 Å². The molecule has 0 atom stereocenters. The molecule has 0 bridgehead atoms. The third kappa shape index (κ3) is 2.50. The number of unbranched alkanes of at least 4 members (excludes halogenated alkanes) is 1. The average Bonchev–Trinajstić information content (AvgIpc) is 3.06. The summed E-state index contributed by atoms with van der Waals surface area (Å²) in [4.78, 5) is 14.7. The molecule has 128 valence electrons. The van der Waals surface area contributed by atoms with E-state index in [0.717, 1.165) is 36.1 Å². The third-order valence-electron chi connectivity index (χ3n) is 4.82. The van der Waals surface area contributed by atoms with Crippen molar-refractivity contribution >= 4 is 27.8 Å². The van der Waals surface area contributed by atoms with Crippen molar-refractivity contribution in [1.82, 2.24) is 14.0 Å². The van der Waals surface area contributed by atoms with Gasteiger partial charge >= 0.3 is 0 Å². The van der Waals surface area contributed by atoms with E-state index in [-0.39, 0.29) is 5.91 Å². The predicted molar refractivity (Wildman–Crippen MR) is 101 cm³/mol. The number of hydrogen-bond donors (Lipinski definition) is 0. The predicted octanol–water partition coefficient (Wildman–Crippen LogP) is 4.59. The summed E-state index contributed by atoms with van der Waals surface area (Å²) in [6.45, 7) is 7.32. The van der Waals surface area contributed by atoms with Crippen LogP contribution in [-0.2, 0) is 7.05 Å². The molecule has 1 amide bonds. The molecule has 0 spiro atoms. The van der Waals surface area contributed by atoms with Crippen molar-refractivity contribution in [2.24, 2.45) is 7.05 Å². The molecule has 0 saturated heterocycles. The van der Waals surface area contributed by atoms with Gasteiger partial charge in [-0.15, -0.1) is 0 Å². The zero-order chi connectivity index (χ0) is 17.4. The van der Waals surface area contributed by atoms with Gasteiger partial charge in [-0.3, -0.25) is 4.79 Å². The van der Waals surface area contributed by atoms with Crippen LogP contribution in [0.2, 0.25) is 0 Å². The molecule has 4 heteroatoms. The third-order valence-corrected chi connectivity index (χ3v) is 4.82. The number of rotatable bonds is 5. The molecule has 0 fully saturated rings. The molecule has 2 aromatic heterocycles. The van der Waals surface area contributed by atoms with E-state index in [1.54, 1.807) is 0 Å². The summed E-state index contributed by atoms with van der Waals surface area (Å²) in [5, 5.41) is 1.21. The second-order valence-electron chi connectivity index (χ2n) is 6.88. The van der Waals surface area contributed by atoms with E-state index in [4.69, 9.17) is 0 Å². The van der Waals surface area contributed by atoms with Crippen LogP contribution in [0.25, 0.3) is 21.9 Å². The van der Waals surface area contributed by atoms with Crippen LogP contribution in [0.1, 0.15) is 50.1 Å². The highest BCUT2D eigenvalue weighted by Gasteiger charge is 2.22. The number of benzene rings is 1. The maximum atomic E-state index is 12.9. The minimum Gasteiger partial charge on any atom is -0.340 e. The highest BCUT2D eigenvalue weighted by Crippen LogP contribution is 2.33. The summed E-state index contributed by atoms with van der Waals surface area (Å²) in [7, 11) is 3.89. The van der Waals surface area contributed by atoms with Crippen molar-refractivity contribution in [3.05, 3.63) is 36.0 Å². The van der Waals surface area contributed by atoms with Crippen LogP contribution >= 0.6 is 0 Å². The number of aromatic nitrogens is 2. The fourth-order valence-electron chi connectivity index (χ4n) is 3.56. The van der Waals surface area contributed by atoms with Crippen LogP contribution in [0.5, 0.6) is 0 Å². The maximum absolute atomic E-state index is 12.9. The first kappa shape index (κ1) is 16.6. The molecule has 0 aliphatic heterocycles. The van der Waals surface area contributed by atoms with E-state index in [1.807, 2.05) is 19.0 Å². The van der Waals surface area contributed by atoms with Gasteiger partial charge in [0.05, 0.1) is 16.6 Å². The summed E-state index contributed by atoms with van der Waals surface area (Å²) >= 11 is 0. The zero-order valence-electron chi connectivity index (χ0n) is 15.3. The van der Waals surface area contributed by atoms with Crippen LogP contribution in [0.4, 0.5) is 0 Å². The Bertz CT molecular complexity index is 885. The van der Waals surface area contributed by atoms with Crippen LogP contribution in [-0.4, -0.2) is 33.5 Å². The van der Waals surface area contributed by atoms with E-state index < -0.39 is 0 Å². The first-order valence-electron chi connectivity index (χ1n) is 8.81. The second-order valence-corrected chi connectivity index (χ2v) is 6.88. The van der Waals surface area contributed by atoms with Gasteiger partial charge in [0.1, 0.15) is 5.69 Å². The lowest BCUT2D eigenvalue weighted by atomic mass is 10.2. The number of para-hydroxylation sites is 1. The molecule has 0 unspecified atom stereocenters. The summed E-state index contributed by atoms with van der Waals surface area (Å²) < 4.78 is 4.38. The van der Waals surface area contributed by atoms with Gasteiger partial charge in [0.15, 0.2) is 0 Å². The number of aryl methyl sites for hydroxylation is 1. The Morgan fingerprint density at radius 2 is 1.92 bits per heavy atom. The Balaban J connectivity index is 2.18. The summed E-state index contributed by atoms with van der Waals surface area (Å²) in [5.74, 6) is 0.0986. The van der Waals surface area contributed by atoms with Crippen molar-refractivity contribution in [1.29, 1.82) is 0 Å². The molecular formula is C20H27N3O. The summed E-state index contributed by atoms with van der Waals surface area (Å²) in [6.07, 6.45) is 2.13. The molecule has 1 aromatic carbocycles. The monoisotopic (exact) mass is 325 g/mol. The van der Waals surface area contributed by atoms with Crippen molar-refractivity contribution in [3.63, 3.8) is 0 Å². The normalized spacial score (nSPS) is 11.8. The molecular weight excluding hydrogens is 298 g/mol. The lowest BCUT2D eigenvalue weighted by Crippen LogP contribution is -2.29. The van der Waals surface area contributed by atoms with Crippen LogP contribution in [0, 0.1) is 0 Å². The Hall–Kier alpha value is -2.23. The number of carbonyl (C=O) groups excluding carboxylic acids is 1. The van der Waals surface area contributed by atoms with Crippen molar-refractivity contribution < 1.29 is 4.79 Å². The van der Waals surface area contributed by atoms with Gasteiger partial charge in [-0.1, -0.05) is 31.5 Å². The van der Waals surface area contributed by atoms with Crippen LogP contribution in [0.3, 0.4) is 0 Å². The van der Waals surface area contributed by atoms with Gasteiger partial charge in [0.2, 0.25) is 0 Å². The van der Waals surface area contributed by atoms with Gasteiger partial charge in [-0.25, -0.2) is 0 Å². The first-order valence-corrected chi connectivity index (χ1v) is 8.81. The number of fused-ring (bicyclic) bond motifs is 3. The Kier molecular flexibility index (Phi) is 4.39. The molecule has 0 radical (unpaired) electrons. The largest absolute Gasteiger partial charge is 0.340 e. The SMILES string of the molecule is CCCCN(C)C(=O)c1cc2c(c3ccccc3n2C(C)C)n1C. The van der Waals surface area contributed by atoms with Crippen LogP contribution in [0.15, 0.2) is 30.3 Å². The standard InChI is InChI=1S/C20H27N3O/c1-6-7-12-21(4)20(24)18-13-17-19(22(18)5)15-10-8-9-11-16(15)23(17)14(2)3/h8-11,13-14H,6-7,12H2,1-5H3. The molecule has 0 saturated carbocycles. The molecule has 0 N–H and O–H groups in total. The molecule has 0 aliphatic carbocycles. The molecule has 0 aliphatic rings. The maximum Gasteiger partial charge on any atom is 0.270 e. The minimum absolute atomic E-state index is 0.0986. The van der Waals surface area contributed by atoms with Gasteiger partial charge in [-0.2, -0.15) is 0 Å². The zero-order valence-corrected chi connectivity index (χ0v) is 15.3. The van der Waals surface area contributed by atoms with E-state index in [2.05, 4.69) is 60.2 Å². The second kappa shape index (κ2) is 6.34. The Morgan fingerprint density at radius 1 is 1.21 bits per heavy atom. The Labute approximate surface area is 143 Å². The summed E-state index contributed by atoms with van der Waals surface area (Å²) in [6, 6.07) is 10.8. The molecule has 2 heterocycles. The topological polar surface area (TPSA) is 30.2 Å². The van der Waals surface area contributed by atoms with Gasteiger partial charge in [0.25, 0.3) is 5.91 Å². The quantitative estimate of drug-likeness (QED) is 0.675. The van der Waals surface area contributed by atoms with E-state index >= 15 is 0 Å². The minimum atomic E-state index is 0.0986. The molecule has 3 aromatic rings. The van der Waals surface area contributed by atoms with Gasteiger partial charge < -0.3 is 14.0 Å². The average molecular weight is 325 g/mol. The lowest BCUT2D eigenvalue weighted by Gasteiger charge is -2.17. The highest BCUT2D eigenvalue weighted by atomic mass is 16.2. The molecule has 24 heavy (non-hydrogen) atoms. The number of nitrogens with zero attached hydrogens (tertiary/aromatic N) is 3. The van der Waals surface area contributed by atoms with Gasteiger partial charge in [-0.05, 0) is 32.4 Å². The molecule has 4 nitrogen and oxygen atoms in total. The van der Waals surface area contributed by atoms with Gasteiger partial charge in [0, 0.05) is 32.1 Å². The fraction of sp³-hybridized carbons (Fsp3) is 0.450.